The van der Waals surface area contributed by atoms with Gasteiger partial charge in [-0.1, -0.05) is 30.3 Å². The number of methoxy groups -OCH3 is 1. The van der Waals surface area contributed by atoms with Gasteiger partial charge >= 0.3 is 6.03 Å². The molecule has 0 aliphatic rings. The van der Waals surface area contributed by atoms with E-state index in [1.807, 2.05) is 30.3 Å². The fourth-order valence-electron chi connectivity index (χ4n) is 1.48. The molecule has 5 heteroatoms. The normalized spacial score (nSPS) is 11.9. The van der Waals surface area contributed by atoms with Crippen LogP contribution in [0.3, 0.4) is 0 Å². The summed E-state index contributed by atoms with van der Waals surface area (Å²) < 4.78 is 10.6. The van der Waals surface area contributed by atoms with Crippen LogP contribution < -0.4 is 10.6 Å². The standard InChI is InChI=1S/C13H20N2O3/c1-14-13(16)15-12(9-17-2)10-18-8-11-6-4-3-5-7-11/h3-7,12H,8-10H2,1-2H3,(H2,14,15,16)/t12-/m1/s1. The molecule has 5 nitrogen and oxygen atoms in total. The number of carbonyl (C=O) groups excluding carboxylic acids is 1. The first-order valence-corrected chi connectivity index (χ1v) is 5.85. The number of nitrogens with one attached hydrogen (secondary N) is 2. The highest BCUT2D eigenvalue weighted by Crippen LogP contribution is 2.01. The van der Waals surface area contributed by atoms with Gasteiger partial charge in [0.05, 0.1) is 25.9 Å². The Bertz CT molecular complexity index is 343. The van der Waals surface area contributed by atoms with Crippen molar-refractivity contribution in [2.24, 2.45) is 0 Å². The van der Waals surface area contributed by atoms with E-state index in [9.17, 15) is 4.79 Å². The SMILES string of the molecule is CNC(=O)N[C@H](COC)COCc1ccccc1. The molecule has 0 spiro atoms. The quantitative estimate of drug-likeness (QED) is 0.765. The lowest BCUT2D eigenvalue weighted by atomic mass is 10.2. The number of amides is 2. The van der Waals surface area contributed by atoms with Crippen molar-refractivity contribution in [3.05, 3.63) is 35.9 Å². The second-order valence-electron chi connectivity index (χ2n) is 3.88. The van der Waals surface area contributed by atoms with E-state index in [2.05, 4.69) is 10.6 Å². The molecule has 2 N–H and O–H groups in total. The van der Waals surface area contributed by atoms with Crippen molar-refractivity contribution in [3.63, 3.8) is 0 Å². The van der Waals surface area contributed by atoms with Crippen LogP contribution in [0.25, 0.3) is 0 Å². The molecule has 1 aromatic carbocycles. The number of ether oxygens (including phenoxy) is 2. The average molecular weight is 252 g/mol. The molecule has 1 aromatic rings. The summed E-state index contributed by atoms with van der Waals surface area (Å²) in [4.78, 5) is 11.2. The Kier molecular flexibility index (Phi) is 6.83. The summed E-state index contributed by atoms with van der Waals surface area (Å²) in [5.41, 5.74) is 1.11. The van der Waals surface area contributed by atoms with E-state index >= 15 is 0 Å². The van der Waals surface area contributed by atoms with Crippen LogP contribution in [0.1, 0.15) is 5.56 Å². The zero-order chi connectivity index (χ0) is 13.2. The first-order chi connectivity index (χ1) is 8.76. The Labute approximate surface area is 107 Å². The lowest BCUT2D eigenvalue weighted by Gasteiger charge is -2.17. The van der Waals surface area contributed by atoms with Gasteiger partial charge in [-0.2, -0.15) is 0 Å². The number of urea groups is 1. The van der Waals surface area contributed by atoms with Gasteiger partial charge in [-0.25, -0.2) is 4.79 Å². The number of benzene rings is 1. The van der Waals surface area contributed by atoms with Crippen LogP contribution in [0.5, 0.6) is 0 Å². The highest BCUT2D eigenvalue weighted by molar-refractivity contribution is 5.73. The molecule has 0 unspecified atom stereocenters. The summed E-state index contributed by atoms with van der Waals surface area (Å²) in [7, 11) is 3.17. The second kappa shape index (κ2) is 8.49. The zero-order valence-corrected chi connectivity index (χ0v) is 10.8. The van der Waals surface area contributed by atoms with E-state index in [1.165, 1.54) is 0 Å². The molecule has 0 aliphatic carbocycles. The summed E-state index contributed by atoms with van der Waals surface area (Å²) in [5.74, 6) is 0. The second-order valence-corrected chi connectivity index (χ2v) is 3.88. The van der Waals surface area contributed by atoms with Crippen LogP contribution in [0.4, 0.5) is 4.79 Å². The van der Waals surface area contributed by atoms with Crippen LogP contribution in [-0.4, -0.2) is 39.4 Å². The molecule has 0 radical (unpaired) electrons. The number of hydrogen-bond donors (Lipinski definition) is 2. The van der Waals surface area contributed by atoms with E-state index in [4.69, 9.17) is 9.47 Å². The van der Waals surface area contributed by atoms with E-state index in [0.717, 1.165) is 5.56 Å². The van der Waals surface area contributed by atoms with E-state index in [-0.39, 0.29) is 12.1 Å². The molecule has 0 heterocycles. The largest absolute Gasteiger partial charge is 0.382 e. The predicted molar refractivity (Wildman–Crippen MR) is 69.4 cm³/mol. The zero-order valence-electron chi connectivity index (χ0n) is 10.8. The number of carbonyl (C=O) groups is 1. The van der Waals surface area contributed by atoms with Gasteiger partial charge in [0.25, 0.3) is 0 Å². The average Bonchev–Trinajstić information content (AvgIpc) is 2.40. The van der Waals surface area contributed by atoms with Gasteiger partial charge in [0.1, 0.15) is 0 Å². The van der Waals surface area contributed by atoms with Gasteiger partial charge < -0.3 is 20.1 Å². The summed E-state index contributed by atoms with van der Waals surface area (Å²) in [6, 6.07) is 9.50. The van der Waals surface area contributed by atoms with Crippen molar-refractivity contribution in [1.29, 1.82) is 0 Å². The molecular formula is C13H20N2O3. The predicted octanol–water partition coefficient (Wildman–Crippen LogP) is 1.15. The van der Waals surface area contributed by atoms with Crippen molar-refractivity contribution in [2.75, 3.05) is 27.4 Å². The molecule has 2 amide bonds. The topological polar surface area (TPSA) is 59.6 Å². The smallest absolute Gasteiger partial charge is 0.314 e. The molecule has 1 rings (SSSR count). The minimum absolute atomic E-state index is 0.154. The van der Waals surface area contributed by atoms with Gasteiger partial charge in [0, 0.05) is 14.2 Å². The summed E-state index contributed by atoms with van der Waals surface area (Å²) in [6.45, 7) is 1.36. The maximum Gasteiger partial charge on any atom is 0.314 e. The molecule has 18 heavy (non-hydrogen) atoms. The van der Waals surface area contributed by atoms with E-state index < -0.39 is 0 Å². The molecule has 0 saturated heterocycles. The minimum Gasteiger partial charge on any atom is -0.382 e. The summed E-state index contributed by atoms with van der Waals surface area (Å²) >= 11 is 0. The van der Waals surface area contributed by atoms with Crippen LogP contribution in [-0.2, 0) is 16.1 Å². The van der Waals surface area contributed by atoms with Gasteiger partial charge in [0.2, 0.25) is 0 Å². The monoisotopic (exact) mass is 252 g/mol. The third-order valence-electron chi connectivity index (χ3n) is 2.36. The van der Waals surface area contributed by atoms with Gasteiger partial charge in [-0.15, -0.1) is 0 Å². The summed E-state index contributed by atoms with van der Waals surface area (Å²) in [5, 5.41) is 5.25. The first-order valence-electron chi connectivity index (χ1n) is 5.85. The van der Waals surface area contributed by atoms with Crippen LogP contribution in [0.15, 0.2) is 30.3 Å². The van der Waals surface area contributed by atoms with Crippen molar-refractivity contribution >= 4 is 6.03 Å². The molecule has 0 saturated carbocycles. The highest BCUT2D eigenvalue weighted by atomic mass is 16.5. The Morgan fingerprint density at radius 1 is 1.28 bits per heavy atom. The first kappa shape index (κ1) is 14.5. The summed E-state index contributed by atoms with van der Waals surface area (Å²) in [6.07, 6.45) is 0. The van der Waals surface area contributed by atoms with Crippen LogP contribution >= 0.6 is 0 Å². The minimum atomic E-state index is -0.236. The van der Waals surface area contributed by atoms with Gasteiger partial charge in [-0.3, -0.25) is 0 Å². The van der Waals surface area contributed by atoms with Crippen LogP contribution in [0, 0.1) is 0 Å². The maximum absolute atomic E-state index is 11.2. The Balaban J connectivity index is 2.31. The van der Waals surface area contributed by atoms with Crippen LogP contribution in [0.2, 0.25) is 0 Å². The van der Waals surface area contributed by atoms with Crippen molar-refractivity contribution < 1.29 is 14.3 Å². The van der Waals surface area contributed by atoms with E-state index in [0.29, 0.717) is 19.8 Å². The lowest BCUT2D eigenvalue weighted by Crippen LogP contribution is -2.45. The van der Waals surface area contributed by atoms with E-state index in [1.54, 1.807) is 14.2 Å². The fourth-order valence-corrected chi connectivity index (χ4v) is 1.48. The van der Waals surface area contributed by atoms with Gasteiger partial charge in [0.15, 0.2) is 0 Å². The Morgan fingerprint density at radius 2 is 2.00 bits per heavy atom. The number of rotatable bonds is 7. The molecule has 1 atom stereocenters. The number of hydrogen-bond acceptors (Lipinski definition) is 3. The van der Waals surface area contributed by atoms with Crippen molar-refractivity contribution in [2.45, 2.75) is 12.6 Å². The lowest BCUT2D eigenvalue weighted by molar-refractivity contribution is 0.0685. The van der Waals surface area contributed by atoms with Crippen molar-refractivity contribution in [3.8, 4) is 0 Å². The molecule has 100 valence electrons. The molecule has 0 aromatic heterocycles. The van der Waals surface area contributed by atoms with Crippen molar-refractivity contribution in [1.82, 2.24) is 10.6 Å². The third kappa shape index (κ3) is 5.65. The molecule has 0 aliphatic heterocycles. The third-order valence-corrected chi connectivity index (χ3v) is 2.36. The highest BCUT2D eigenvalue weighted by Gasteiger charge is 2.11. The Hall–Kier alpha value is -1.59. The maximum atomic E-state index is 11.2. The van der Waals surface area contributed by atoms with Gasteiger partial charge in [-0.05, 0) is 5.56 Å². The Morgan fingerprint density at radius 3 is 2.61 bits per heavy atom. The fraction of sp³-hybridized carbons (Fsp3) is 0.462. The molecular weight excluding hydrogens is 232 g/mol. The molecule has 0 fully saturated rings. The molecule has 0 bridgehead atoms.